The van der Waals surface area contributed by atoms with Crippen molar-refractivity contribution >= 4 is 57.3 Å². The molecule has 1 aliphatic heterocycles. The lowest BCUT2D eigenvalue weighted by Gasteiger charge is -2.51. The molecular weight excluding hydrogens is 883 g/mol. The molecule has 8 atom stereocenters. The van der Waals surface area contributed by atoms with Gasteiger partial charge in [0, 0.05) is 35.9 Å². The van der Waals surface area contributed by atoms with Crippen LogP contribution in [0.1, 0.15) is 198 Å². The number of hydrogen-bond acceptors (Lipinski definition) is 16. The molecule has 0 aromatic carbocycles. The van der Waals surface area contributed by atoms with Crippen molar-refractivity contribution in [1.82, 2.24) is 0 Å². The van der Waals surface area contributed by atoms with Crippen LogP contribution in [0.4, 0.5) is 0 Å². The van der Waals surface area contributed by atoms with E-state index in [-0.39, 0.29) is 78.3 Å². The zero-order valence-corrected chi connectivity index (χ0v) is 44.7. The minimum absolute atomic E-state index is 0.103. The lowest BCUT2D eigenvalue weighted by atomic mass is 9.87. The van der Waals surface area contributed by atoms with Gasteiger partial charge >= 0.3 is 23.9 Å². The van der Waals surface area contributed by atoms with Gasteiger partial charge in [-0.1, -0.05) is 83.3 Å². The van der Waals surface area contributed by atoms with Crippen molar-refractivity contribution in [2.45, 2.75) is 251 Å². The molecule has 0 spiro atoms. The third-order valence-electron chi connectivity index (χ3n) is 11.6. The number of Topliss-reactive ketones (excluding diaryl/α,β-unsaturated/α-hetero) is 4. The Hall–Kier alpha value is -3.64. The molecule has 0 bridgehead atoms. The molecule has 2 N–H and O–H groups in total. The van der Waals surface area contributed by atoms with E-state index in [1.165, 1.54) is 79.1 Å². The summed E-state index contributed by atoms with van der Waals surface area (Å²) in [6.45, 7) is 16.1. The standard InChI is InChI=1S/C50H85NO15Si/c1-11-12-13-14-15-16-17-18-19-20-21-22-23-24-39(65-48(6,7)8)49(9,51)50(10,67)66-47-46(64-43(59)32-28-37(5)55)45(63-42(58)31-27-36(4)54)44(62-41(57)30-26-35(3)53)38(61-47)33-60-40(56)29-25-34(2)52/h23-24,38-39,44-47H,11-22,25-33,51H2,1-10,67H3/t38-,39?,44-,45+,46-,47?,49?,50?/m1/s1. The molecule has 1 saturated heterocycles. The van der Waals surface area contributed by atoms with Crippen molar-refractivity contribution in [3.63, 3.8) is 0 Å². The van der Waals surface area contributed by atoms with Crippen molar-refractivity contribution in [2.75, 3.05) is 6.61 Å². The van der Waals surface area contributed by atoms with Crippen LogP contribution in [0, 0.1) is 0 Å². The predicted octanol–water partition coefficient (Wildman–Crippen LogP) is 6.72. The summed E-state index contributed by atoms with van der Waals surface area (Å²) in [5.74, 6) is -4.68. The number of carbonyl (C=O) groups is 8. The monoisotopic (exact) mass is 968 g/mol. The van der Waals surface area contributed by atoms with Gasteiger partial charge in [-0.15, -0.1) is 0 Å². The van der Waals surface area contributed by atoms with Crippen molar-refractivity contribution in [3.8, 4) is 0 Å². The number of unbranched alkanes of at least 4 members (excludes halogenated alkanes) is 11. The summed E-state index contributed by atoms with van der Waals surface area (Å²) < 4.78 is 43.1. The fourth-order valence-electron chi connectivity index (χ4n) is 7.15. The molecule has 0 aliphatic carbocycles. The Morgan fingerprint density at radius 2 is 0.985 bits per heavy atom. The number of nitrogens with two attached hydrogens (primary N) is 1. The lowest BCUT2D eigenvalue weighted by Crippen LogP contribution is -2.70. The van der Waals surface area contributed by atoms with Gasteiger partial charge in [-0.05, 0) is 75.2 Å². The molecule has 4 unspecified atom stereocenters. The molecule has 1 rings (SSSR count). The Labute approximate surface area is 403 Å². The van der Waals surface area contributed by atoms with Gasteiger partial charge in [0.1, 0.15) is 35.8 Å². The molecule has 384 valence electrons. The molecule has 0 aromatic heterocycles. The SMILES string of the molecule is CCCCCCCCCCCCCC=CC(OC(C)(C)C)C(C)(N)C(C)([SiH3])OC1O[C@H](COC(=O)CCC(C)=O)[C@@H](OC(=O)CCC(C)=O)[C@H](OC(=O)CCC(C)=O)[C@H]1OC(=O)CCC(C)=O. The predicted molar refractivity (Wildman–Crippen MR) is 256 cm³/mol. The molecule has 0 aromatic rings. The molecule has 67 heavy (non-hydrogen) atoms. The molecule has 1 heterocycles. The Bertz CT molecular complexity index is 1620. The zero-order chi connectivity index (χ0) is 50.8. The minimum atomic E-state index is -1.70. The number of ketones is 4. The maximum Gasteiger partial charge on any atom is 0.306 e. The first kappa shape index (κ1) is 61.4. The van der Waals surface area contributed by atoms with Crippen LogP contribution in [0.3, 0.4) is 0 Å². The highest BCUT2D eigenvalue weighted by atomic mass is 28.1. The average Bonchev–Trinajstić information content (AvgIpc) is 3.22. The highest BCUT2D eigenvalue weighted by Crippen LogP contribution is 2.37. The summed E-state index contributed by atoms with van der Waals surface area (Å²) in [7, 11) is 0.197. The van der Waals surface area contributed by atoms with Crippen molar-refractivity contribution in [3.05, 3.63) is 12.2 Å². The summed E-state index contributed by atoms with van der Waals surface area (Å²) >= 11 is 0. The van der Waals surface area contributed by atoms with Crippen molar-refractivity contribution in [1.29, 1.82) is 0 Å². The number of rotatable bonds is 35. The van der Waals surface area contributed by atoms with Crippen LogP contribution < -0.4 is 5.73 Å². The van der Waals surface area contributed by atoms with E-state index in [0.29, 0.717) is 0 Å². The van der Waals surface area contributed by atoms with E-state index in [4.69, 9.17) is 38.9 Å². The smallest absolute Gasteiger partial charge is 0.306 e. The Morgan fingerprint density at radius 3 is 1.42 bits per heavy atom. The minimum Gasteiger partial charge on any atom is -0.463 e. The number of ether oxygens (including phenoxy) is 7. The third kappa shape index (κ3) is 26.1. The average molecular weight is 968 g/mol. The molecule has 0 saturated carbocycles. The van der Waals surface area contributed by atoms with Crippen LogP contribution in [0.15, 0.2) is 12.2 Å². The molecule has 17 heteroatoms. The summed E-state index contributed by atoms with van der Waals surface area (Å²) in [6, 6.07) is 0. The van der Waals surface area contributed by atoms with Crippen LogP contribution in [0.25, 0.3) is 0 Å². The number of carbonyl (C=O) groups excluding carboxylic acids is 8. The van der Waals surface area contributed by atoms with E-state index >= 15 is 0 Å². The van der Waals surface area contributed by atoms with Gasteiger partial charge in [0.2, 0.25) is 0 Å². The molecule has 0 amide bonds. The van der Waals surface area contributed by atoms with Crippen LogP contribution in [-0.2, 0) is 71.5 Å². The van der Waals surface area contributed by atoms with E-state index < -0.39 is 90.1 Å². The second kappa shape index (κ2) is 31.5. The van der Waals surface area contributed by atoms with Gasteiger partial charge in [-0.25, -0.2) is 0 Å². The lowest BCUT2D eigenvalue weighted by molar-refractivity contribution is -0.327. The van der Waals surface area contributed by atoms with Gasteiger partial charge in [0.05, 0.1) is 48.2 Å². The zero-order valence-electron chi connectivity index (χ0n) is 42.7. The maximum absolute atomic E-state index is 13.5. The second-order valence-electron chi connectivity index (χ2n) is 19.7. The van der Waals surface area contributed by atoms with Gasteiger partial charge in [0.25, 0.3) is 0 Å². The van der Waals surface area contributed by atoms with Crippen LogP contribution >= 0.6 is 0 Å². The first-order chi connectivity index (χ1) is 31.3. The molecule has 0 radical (unpaired) electrons. The van der Waals surface area contributed by atoms with Gasteiger partial charge in [-0.2, -0.15) is 0 Å². The second-order valence-corrected chi connectivity index (χ2v) is 21.6. The van der Waals surface area contributed by atoms with Gasteiger partial charge in [0.15, 0.2) is 24.6 Å². The normalized spacial score (nSPS) is 20.9. The largest absolute Gasteiger partial charge is 0.463 e. The number of allylic oxidation sites excluding steroid dienone is 1. The first-order valence-corrected chi connectivity index (χ1v) is 25.5. The Balaban J connectivity index is 3.71. The van der Waals surface area contributed by atoms with E-state index in [1.807, 2.05) is 26.8 Å². The molecule has 1 fully saturated rings. The van der Waals surface area contributed by atoms with E-state index in [2.05, 4.69) is 13.0 Å². The highest BCUT2D eigenvalue weighted by molar-refractivity contribution is 6.15. The summed E-state index contributed by atoms with van der Waals surface area (Å²) in [5.41, 5.74) is 5.31. The van der Waals surface area contributed by atoms with Gasteiger partial charge in [-0.3, -0.25) is 19.2 Å². The summed E-state index contributed by atoms with van der Waals surface area (Å²) in [5, 5.41) is -1.31. The number of hydrogen-bond donors (Lipinski definition) is 1. The molecule has 1 aliphatic rings. The van der Waals surface area contributed by atoms with Crippen LogP contribution in [-0.4, -0.2) is 117 Å². The maximum atomic E-state index is 13.5. The first-order valence-electron chi connectivity index (χ1n) is 24.5. The quantitative estimate of drug-likeness (QED) is 0.0228. The van der Waals surface area contributed by atoms with Crippen molar-refractivity contribution < 1.29 is 71.5 Å². The number of esters is 4. The van der Waals surface area contributed by atoms with Gasteiger partial charge < -0.3 is 58.1 Å². The van der Waals surface area contributed by atoms with E-state index in [0.717, 1.165) is 25.7 Å². The van der Waals surface area contributed by atoms with E-state index in [1.54, 1.807) is 13.8 Å². The topological polar surface area (TPSA) is 227 Å². The molecule has 16 nitrogen and oxygen atoms in total. The molecular formula is C50H85NO15Si. The van der Waals surface area contributed by atoms with Crippen molar-refractivity contribution in [2.24, 2.45) is 5.73 Å². The third-order valence-corrected chi connectivity index (χ3v) is 12.9. The summed E-state index contributed by atoms with van der Waals surface area (Å²) in [6.07, 6.45) is 7.37. The van der Waals surface area contributed by atoms with E-state index in [9.17, 15) is 38.4 Å². The van der Waals surface area contributed by atoms with Crippen LogP contribution in [0.5, 0.6) is 0 Å². The van der Waals surface area contributed by atoms with Crippen LogP contribution in [0.2, 0.25) is 0 Å². The Kier molecular flexibility index (Phi) is 28.8. The summed E-state index contributed by atoms with van der Waals surface area (Å²) in [4.78, 5) is 101. The Morgan fingerprint density at radius 1 is 0.582 bits per heavy atom. The highest BCUT2D eigenvalue weighted by Gasteiger charge is 2.56. The fraction of sp³-hybridized carbons (Fsp3) is 0.800. The fourth-order valence-corrected chi connectivity index (χ4v) is 7.67.